The van der Waals surface area contributed by atoms with Crippen LogP contribution >= 0.6 is 11.8 Å². The van der Waals surface area contributed by atoms with Gasteiger partial charge in [-0.2, -0.15) is 5.26 Å². The van der Waals surface area contributed by atoms with Gasteiger partial charge in [0.15, 0.2) is 0 Å². The summed E-state index contributed by atoms with van der Waals surface area (Å²) in [5.41, 5.74) is 0.380. The maximum absolute atomic E-state index is 11.9. The predicted octanol–water partition coefficient (Wildman–Crippen LogP) is 1.51. The van der Waals surface area contributed by atoms with Gasteiger partial charge in [0.1, 0.15) is 6.04 Å². The third kappa shape index (κ3) is 3.79. The summed E-state index contributed by atoms with van der Waals surface area (Å²) in [6.07, 6.45) is 0. The van der Waals surface area contributed by atoms with Crippen LogP contribution in [0.25, 0.3) is 0 Å². The van der Waals surface area contributed by atoms with Gasteiger partial charge in [-0.15, -0.1) is 11.8 Å². The first kappa shape index (κ1) is 14.1. The van der Waals surface area contributed by atoms with Crippen LogP contribution in [0.3, 0.4) is 0 Å². The lowest BCUT2D eigenvalue weighted by Gasteiger charge is -2.11. The Kier molecular flexibility index (Phi) is 5.21. The van der Waals surface area contributed by atoms with Crippen LogP contribution in [-0.2, 0) is 4.79 Å². The third-order valence-electron chi connectivity index (χ3n) is 2.14. The van der Waals surface area contributed by atoms with Gasteiger partial charge in [-0.25, -0.2) is 0 Å². The number of carbonyl (C=O) groups excluding carboxylic acids is 1. The van der Waals surface area contributed by atoms with Crippen molar-refractivity contribution in [1.29, 1.82) is 5.26 Å². The van der Waals surface area contributed by atoms with Crippen LogP contribution < -0.4 is 5.32 Å². The maximum Gasteiger partial charge on any atom is 0.325 e. The number of hydrogen-bond donors (Lipinski definition) is 2. The molecule has 0 unspecified atom stereocenters. The number of aliphatic carboxylic acids is 1. The molecule has 1 rings (SSSR count). The minimum atomic E-state index is -1.09. The van der Waals surface area contributed by atoms with E-state index in [9.17, 15) is 9.59 Å². The van der Waals surface area contributed by atoms with Crippen LogP contribution in [0.2, 0.25) is 0 Å². The molecule has 0 radical (unpaired) electrons. The van der Waals surface area contributed by atoms with Crippen molar-refractivity contribution >= 4 is 23.6 Å². The summed E-state index contributed by atoms with van der Waals surface area (Å²) in [6.45, 7) is 1.39. The van der Waals surface area contributed by atoms with Crippen molar-refractivity contribution in [2.24, 2.45) is 0 Å². The van der Waals surface area contributed by atoms with Crippen LogP contribution in [0, 0.1) is 11.3 Å². The molecule has 0 aliphatic heterocycles. The average Bonchev–Trinajstić information content (AvgIpc) is 2.36. The first-order valence-electron chi connectivity index (χ1n) is 5.18. The van der Waals surface area contributed by atoms with Gasteiger partial charge >= 0.3 is 5.97 Å². The van der Waals surface area contributed by atoms with Crippen LogP contribution in [0.1, 0.15) is 17.3 Å². The average molecular weight is 264 g/mol. The van der Waals surface area contributed by atoms with Gasteiger partial charge in [0.2, 0.25) is 0 Å². The molecule has 1 aromatic rings. The molecule has 1 amide bonds. The Bertz CT molecular complexity index is 496. The minimum Gasteiger partial charge on any atom is -0.480 e. The van der Waals surface area contributed by atoms with Crippen molar-refractivity contribution in [3.8, 4) is 6.07 Å². The van der Waals surface area contributed by atoms with Gasteiger partial charge in [0, 0.05) is 4.90 Å². The number of benzene rings is 1. The van der Waals surface area contributed by atoms with E-state index in [0.29, 0.717) is 10.5 Å². The summed E-state index contributed by atoms with van der Waals surface area (Å²) >= 11 is 1.24. The van der Waals surface area contributed by atoms with Crippen molar-refractivity contribution < 1.29 is 14.7 Å². The molecule has 0 saturated carbocycles. The molecular weight excluding hydrogens is 252 g/mol. The number of rotatable bonds is 5. The van der Waals surface area contributed by atoms with Crippen molar-refractivity contribution in [3.63, 3.8) is 0 Å². The van der Waals surface area contributed by atoms with Crippen LogP contribution in [0.15, 0.2) is 29.2 Å². The van der Waals surface area contributed by atoms with Gasteiger partial charge in [0.05, 0.1) is 17.4 Å². The highest BCUT2D eigenvalue weighted by molar-refractivity contribution is 7.99. The van der Waals surface area contributed by atoms with Crippen molar-refractivity contribution in [2.75, 3.05) is 5.75 Å². The summed E-state index contributed by atoms with van der Waals surface area (Å²) < 4.78 is 0. The number of carboxylic acids is 1. The zero-order valence-electron chi connectivity index (χ0n) is 9.71. The molecule has 0 spiro atoms. The number of nitrogens with one attached hydrogen (secondary N) is 1. The predicted molar refractivity (Wildman–Crippen MR) is 67.3 cm³/mol. The number of carbonyl (C=O) groups is 2. The Balaban J connectivity index is 2.85. The summed E-state index contributed by atoms with van der Waals surface area (Å²) in [5, 5.41) is 19.6. The maximum atomic E-state index is 11.9. The third-order valence-corrected chi connectivity index (χ3v) is 3.08. The van der Waals surface area contributed by atoms with E-state index in [1.807, 2.05) is 6.07 Å². The first-order valence-corrected chi connectivity index (χ1v) is 6.17. The zero-order valence-corrected chi connectivity index (χ0v) is 10.5. The zero-order chi connectivity index (χ0) is 13.5. The van der Waals surface area contributed by atoms with Gasteiger partial charge in [-0.3, -0.25) is 9.59 Å². The molecule has 0 aromatic heterocycles. The molecule has 94 valence electrons. The summed E-state index contributed by atoms with van der Waals surface area (Å²) in [5.74, 6) is -1.31. The van der Waals surface area contributed by atoms with Crippen LogP contribution in [0.5, 0.6) is 0 Å². The molecule has 18 heavy (non-hydrogen) atoms. The van der Waals surface area contributed by atoms with Gasteiger partial charge in [-0.05, 0) is 19.1 Å². The lowest BCUT2D eigenvalue weighted by Crippen LogP contribution is -2.38. The quantitative estimate of drug-likeness (QED) is 0.787. The second kappa shape index (κ2) is 6.67. The van der Waals surface area contributed by atoms with E-state index >= 15 is 0 Å². The van der Waals surface area contributed by atoms with E-state index in [0.717, 1.165) is 0 Å². The van der Waals surface area contributed by atoms with E-state index in [4.69, 9.17) is 10.4 Å². The fraction of sp³-hybridized carbons (Fsp3) is 0.250. The molecule has 6 heteroatoms. The Morgan fingerprint density at radius 3 is 2.78 bits per heavy atom. The van der Waals surface area contributed by atoms with Crippen molar-refractivity contribution in [3.05, 3.63) is 29.8 Å². The van der Waals surface area contributed by atoms with Gasteiger partial charge in [0.25, 0.3) is 5.91 Å². The summed E-state index contributed by atoms with van der Waals surface area (Å²) in [7, 11) is 0. The fourth-order valence-corrected chi connectivity index (χ4v) is 1.94. The Morgan fingerprint density at radius 1 is 1.50 bits per heavy atom. The first-order chi connectivity index (χ1) is 8.56. The molecule has 0 aliphatic rings. The van der Waals surface area contributed by atoms with Gasteiger partial charge < -0.3 is 10.4 Å². The van der Waals surface area contributed by atoms with Crippen molar-refractivity contribution in [1.82, 2.24) is 5.32 Å². The van der Waals surface area contributed by atoms with E-state index < -0.39 is 17.9 Å². The number of thioether (sulfide) groups is 1. The molecule has 0 bridgehead atoms. The topological polar surface area (TPSA) is 90.2 Å². The number of nitriles is 1. The van der Waals surface area contributed by atoms with E-state index in [2.05, 4.69) is 5.32 Å². The Hall–Kier alpha value is -2.00. The van der Waals surface area contributed by atoms with E-state index in [1.54, 1.807) is 24.3 Å². The molecule has 2 N–H and O–H groups in total. The largest absolute Gasteiger partial charge is 0.480 e. The second-order valence-corrected chi connectivity index (χ2v) is 4.49. The normalized spacial score (nSPS) is 11.3. The summed E-state index contributed by atoms with van der Waals surface area (Å²) in [6, 6.07) is 7.80. The molecule has 0 heterocycles. The number of nitrogens with zero attached hydrogens (tertiary/aromatic N) is 1. The SMILES string of the molecule is C[C@H](NC(=O)c1ccccc1SCC#N)C(=O)O. The lowest BCUT2D eigenvalue weighted by atomic mass is 10.2. The molecule has 1 atom stereocenters. The molecular formula is C12H12N2O3S. The lowest BCUT2D eigenvalue weighted by molar-refractivity contribution is -0.138. The van der Waals surface area contributed by atoms with Gasteiger partial charge in [-0.1, -0.05) is 12.1 Å². The number of hydrogen-bond acceptors (Lipinski definition) is 4. The van der Waals surface area contributed by atoms with Crippen LogP contribution in [-0.4, -0.2) is 28.8 Å². The van der Waals surface area contributed by atoms with Crippen molar-refractivity contribution in [2.45, 2.75) is 17.9 Å². The fourth-order valence-electron chi connectivity index (χ4n) is 1.23. The molecule has 0 aliphatic carbocycles. The molecule has 0 saturated heterocycles. The van der Waals surface area contributed by atoms with Crippen LogP contribution in [0.4, 0.5) is 0 Å². The number of amides is 1. The minimum absolute atomic E-state index is 0.235. The Labute approximate surface area is 109 Å². The highest BCUT2D eigenvalue weighted by atomic mass is 32.2. The summed E-state index contributed by atoms with van der Waals surface area (Å²) in [4.78, 5) is 23.2. The second-order valence-electron chi connectivity index (χ2n) is 3.48. The Morgan fingerprint density at radius 2 is 2.17 bits per heavy atom. The van der Waals surface area contributed by atoms with E-state index in [-0.39, 0.29) is 5.75 Å². The molecule has 1 aromatic carbocycles. The smallest absolute Gasteiger partial charge is 0.325 e. The molecule has 0 fully saturated rings. The number of carboxylic acid groups (broad SMARTS) is 1. The highest BCUT2D eigenvalue weighted by Gasteiger charge is 2.17. The molecule has 5 nitrogen and oxygen atoms in total. The highest BCUT2D eigenvalue weighted by Crippen LogP contribution is 2.22. The monoisotopic (exact) mass is 264 g/mol. The van der Waals surface area contributed by atoms with E-state index in [1.165, 1.54) is 18.7 Å². The standard InChI is InChI=1S/C12H12N2O3S/c1-8(12(16)17)14-11(15)9-4-2-3-5-10(9)18-7-6-13/h2-5,8H,7H2,1H3,(H,14,15)(H,16,17)/t8-/m0/s1.